The van der Waals surface area contributed by atoms with E-state index in [9.17, 15) is 9.18 Å². The number of likely N-dealkylation sites (N-methyl/N-ethyl adjacent to an activating group) is 1. The van der Waals surface area contributed by atoms with Crippen molar-refractivity contribution in [3.63, 3.8) is 0 Å². The van der Waals surface area contributed by atoms with Gasteiger partial charge in [0.15, 0.2) is 11.5 Å². The lowest BCUT2D eigenvalue weighted by molar-refractivity contribution is 0.260. The molecule has 1 fully saturated rings. The topological polar surface area (TPSA) is 57.5 Å². The summed E-state index contributed by atoms with van der Waals surface area (Å²) in [6.07, 6.45) is 0.886. The van der Waals surface area contributed by atoms with Crippen molar-refractivity contribution in [3.05, 3.63) is 22.0 Å². The minimum Gasteiger partial charge on any atom is -0.371 e. The Morgan fingerprint density at radius 2 is 1.96 bits per heavy atom. The van der Waals surface area contributed by atoms with Gasteiger partial charge in [-0.2, -0.15) is 4.98 Å². The summed E-state index contributed by atoms with van der Waals surface area (Å²) in [5.41, 5.74) is 0.906. The molecule has 0 aliphatic carbocycles. The number of hydrogen-bond donors (Lipinski definition) is 0. The number of hydrogen-bond acceptors (Lipinski definition) is 6. The lowest BCUT2D eigenvalue weighted by atomic mass is 10.0. The summed E-state index contributed by atoms with van der Waals surface area (Å²) in [5, 5.41) is 0.633. The van der Waals surface area contributed by atoms with Crippen LogP contribution in [-0.4, -0.2) is 64.0 Å². The van der Waals surface area contributed by atoms with E-state index in [1.165, 1.54) is 2.78 Å². The third-order valence-electron chi connectivity index (χ3n) is 5.18. The standard InChI is InChI=1S/C16H20FIN6O/c1-9-12(17)13-11-14(20-16(25)24(18)15(11)19-9)23-7-6-21(2)8-10(23)4-5-22(13)3/h10H,4-8H2,1-3H3. The third kappa shape index (κ3) is 2.59. The summed E-state index contributed by atoms with van der Waals surface area (Å²) in [7, 11) is 4.00. The van der Waals surface area contributed by atoms with Crippen LogP contribution < -0.4 is 15.5 Å². The molecule has 0 spiro atoms. The summed E-state index contributed by atoms with van der Waals surface area (Å²) in [5.74, 6) is 0.236. The lowest BCUT2D eigenvalue weighted by Gasteiger charge is -2.43. The molecular weight excluding hydrogens is 438 g/mol. The van der Waals surface area contributed by atoms with E-state index in [1.54, 1.807) is 6.92 Å². The quantitative estimate of drug-likeness (QED) is 0.557. The Morgan fingerprint density at radius 3 is 2.72 bits per heavy atom. The van der Waals surface area contributed by atoms with Crippen LogP contribution in [0.15, 0.2) is 4.79 Å². The van der Waals surface area contributed by atoms with E-state index in [2.05, 4.69) is 26.8 Å². The van der Waals surface area contributed by atoms with Crippen LogP contribution in [0.25, 0.3) is 11.0 Å². The zero-order chi connectivity index (χ0) is 17.9. The van der Waals surface area contributed by atoms with Crippen LogP contribution in [0.2, 0.25) is 0 Å². The summed E-state index contributed by atoms with van der Waals surface area (Å²) >= 11 is 1.90. The van der Waals surface area contributed by atoms with Crippen molar-refractivity contribution >= 4 is 45.4 Å². The van der Waals surface area contributed by atoms with E-state index >= 15 is 0 Å². The third-order valence-corrected chi connectivity index (χ3v) is 6.05. The Kier molecular flexibility index (Phi) is 4.10. The number of anilines is 2. The molecule has 1 unspecified atom stereocenters. The van der Waals surface area contributed by atoms with Crippen LogP contribution in [-0.2, 0) is 0 Å². The Morgan fingerprint density at radius 1 is 1.20 bits per heavy atom. The Hall–Kier alpha value is -1.49. The SMILES string of the molecule is Cc1nc2c3c(nc(=O)n2I)N2CCN(C)CC2CCN(C)c3c1F. The monoisotopic (exact) mass is 458 g/mol. The maximum Gasteiger partial charge on any atom is 0.360 e. The van der Waals surface area contributed by atoms with Gasteiger partial charge >= 0.3 is 5.69 Å². The van der Waals surface area contributed by atoms with Gasteiger partial charge in [-0.05, 0) is 20.4 Å². The van der Waals surface area contributed by atoms with Crippen molar-refractivity contribution < 1.29 is 4.39 Å². The second-order valence-corrected chi connectivity index (χ2v) is 7.84. The molecule has 1 atom stereocenters. The van der Waals surface area contributed by atoms with Crippen LogP contribution in [0.3, 0.4) is 0 Å². The molecule has 1 saturated heterocycles. The minimum atomic E-state index is -0.367. The first kappa shape index (κ1) is 17.0. The maximum absolute atomic E-state index is 15.0. The molecule has 0 N–H and O–H groups in total. The Balaban J connectivity index is 2.09. The first-order valence-electron chi connectivity index (χ1n) is 8.34. The molecule has 0 aromatic carbocycles. The molecule has 4 rings (SSSR count). The van der Waals surface area contributed by atoms with E-state index in [4.69, 9.17) is 0 Å². The molecular formula is C16H20FIN6O. The highest BCUT2D eigenvalue weighted by Crippen LogP contribution is 2.38. The van der Waals surface area contributed by atoms with Gasteiger partial charge in [0.05, 0.1) is 39.6 Å². The van der Waals surface area contributed by atoms with Crippen molar-refractivity contribution in [1.29, 1.82) is 0 Å². The van der Waals surface area contributed by atoms with Crippen LogP contribution in [0.1, 0.15) is 12.1 Å². The molecule has 2 aromatic rings. The van der Waals surface area contributed by atoms with Crippen LogP contribution >= 0.6 is 22.9 Å². The second-order valence-electron chi connectivity index (χ2n) is 6.88. The highest BCUT2D eigenvalue weighted by molar-refractivity contribution is 14.1. The molecule has 9 heteroatoms. The van der Waals surface area contributed by atoms with Crippen molar-refractivity contribution in [1.82, 2.24) is 17.6 Å². The number of pyridine rings is 1. The molecule has 2 aliphatic heterocycles. The van der Waals surface area contributed by atoms with Crippen LogP contribution in [0, 0.1) is 12.7 Å². The van der Waals surface area contributed by atoms with Crippen molar-refractivity contribution in [2.75, 3.05) is 50.1 Å². The highest BCUT2D eigenvalue weighted by Gasteiger charge is 2.33. The van der Waals surface area contributed by atoms with Gasteiger partial charge in [-0.3, -0.25) is 0 Å². The lowest BCUT2D eigenvalue weighted by Crippen LogP contribution is -2.54. The number of nitrogens with zero attached hydrogens (tertiary/aromatic N) is 6. The predicted molar refractivity (Wildman–Crippen MR) is 104 cm³/mol. The molecule has 134 valence electrons. The maximum atomic E-state index is 15.0. The van der Waals surface area contributed by atoms with E-state index in [0.717, 1.165) is 32.6 Å². The highest BCUT2D eigenvalue weighted by atomic mass is 127. The fourth-order valence-corrected chi connectivity index (χ4v) is 4.29. The second kappa shape index (κ2) is 6.04. The zero-order valence-corrected chi connectivity index (χ0v) is 16.6. The number of halogens is 2. The van der Waals surface area contributed by atoms with Crippen molar-refractivity contribution in [2.45, 2.75) is 19.4 Å². The summed E-state index contributed by atoms with van der Waals surface area (Å²) in [4.78, 5) is 27.5. The van der Waals surface area contributed by atoms with Gasteiger partial charge in [-0.25, -0.2) is 16.9 Å². The normalized spacial score (nSPS) is 21.2. The van der Waals surface area contributed by atoms with Gasteiger partial charge in [0, 0.05) is 39.3 Å². The molecule has 0 radical (unpaired) electrons. The Labute approximate surface area is 158 Å². The van der Waals surface area contributed by atoms with Crippen molar-refractivity contribution in [2.24, 2.45) is 0 Å². The number of aryl methyl sites for hydroxylation is 1. The van der Waals surface area contributed by atoms with Gasteiger partial charge in [0.25, 0.3) is 0 Å². The van der Waals surface area contributed by atoms with E-state index < -0.39 is 0 Å². The predicted octanol–water partition coefficient (Wildman–Crippen LogP) is 1.40. The first-order chi connectivity index (χ1) is 11.9. The minimum absolute atomic E-state index is 0.249. The average Bonchev–Trinajstić information content (AvgIpc) is 2.57. The summed E-state index contributed by atoms with van der Waals surface area (Å²) in [6.45, 7) is 4.94. The molecule has 0 saturated carbocycles. The van der Waals surface area contributed by atoms with E-state index in [0.29, 0.717) is 28.2 Å². The Bertz CT molecular complexity index is 916. The van der Waals surface area contributed by atoms with Crippen LogP contribution in [0.4, 0.5) is 15.9 Å². The number of rotatable bonds is 0. The van der Waals surface area contributed by atoms with E-state index in [1.807, 2.05) is 34.8 Å². The van der Waals surface area contributed by atoms with Gasteiger partial charge in [-0.1, -0.05) is 0 Å². The van der Waals surface area contributed by atoms with Crippen LogP contribution in [0.5, 0.6) is 0 Å². The molecule has 7 nitrogen and oxygen atoms in total. The van der Waals surface area contributed by atoms with Gasteiger partial charge in [-0.15, -0.1) is 0 Å². The molecule has 2 aliphatic rings. The molecule has 0 amide bonds. The zero-order valence-electron chi connectivity index (χ0n) is 14.5. The number of piperazine rings is 1. The molecule has 4 heterocycles. The van der Waals surface area contributed by atoms with Gasteiger partial charge in [0.2, 0.25) is 0 Å². The number of fused-ring (bicyclic) bond motifs is 2. The molecule has 25 heavy (non-hydrogen) atoms. The largest absolute Gasteiger partial charge is 0.371 e. The summed E-state index contributed by atoms with van der Waals surface area (Å²) < 4.78 is 16.4. The first-order valence-corrected chi connectivity index (χ1v) is 9.30. The fraction of sp³-hybridized carbons (Fsp3) is 0.562. The number of aromatic nitrogens is 3. The fourth-order valence-electron chi connectivity index (χ4n) is 3.84. The van der Waals surface area contributed by atoms with Gasteiger partial charge < -0.3 is 14.7 Å². The van der Waals surface area contributed by atoms with Crippen molar-refractivity contribution in [3.8, 4) is 0 Å². The van der Waals surface area contributed by atoms with E-state index in [-0.39, 0.29) is 17.5 Å². The molecule has 0 bridgehead atoms. The smallest absolute Gasteiger partial charge is 0.360 e. The summed E-state index contributed by atoms with van der Waals surface area (Å²) in [6, 6.07) is 0.249. The average molecular weight is 458 g/mol. The van der Waals surface area contributed by atoms with Gasteiger partial charge in [0.1, 0.15) is 5.82 Å². The molecule has 2 aromatic heterocycles.